The molecule has 0 radical (unpaired) electrons. The lowest BCUT2D eigenvalue weighted by Crippen LogP contribution is -2.03. The van der Waals surface area contributed by atoms with Crippen LogP contribution in [0.2, 0.25) is 10.0 Å². The van der Waals surface area contributed by atoms with Crippen LogP contribution in [0.25, 0.3) is 6.08 Å². The number of aliphatic carboxylic acids is 1. The van der Waals surface area contributed by atoms with Gasteiger partial charge in [-0.2, -0.15) is 5.26 Å². The molecule has 104 valence electrons. The number of carboxylic acid groups (broad SMARTS) is 1. The first-order valence-corrected chi connectivity index (χ1v) is 6.84. The van der Waals surface area contributed by atoms with Crippen molar-refractivity contribution in [3.8, 4) is 6.07 Å². The van der Waals surface area contributed by atoms with Gasteiger partial charge in [-0.25, -0.2) is 0 Å². The van der Waals surface area contributed by atoms with E-state index >= 15 is 0 Å². The molecule has 1 aliphatic rings. The van der Waals surface area contributed by atoms with Crippen LogP contribution in [0.5, 0.6) is 0 Å². The van der Waals surface area contributed by atoms with Crippen LogP contribution in [0.4, 0.5) is 0 Å². The maximum Gasteiger partial charge on any atom is 0.307 e. The number of hydrogen-bond acceptors (Lipinski definition) is 2. The highest BCUT2D eigenvalue weighted by Gasteiger charge is 2.63. The molecular weight excluding hydrogens is 297 g/mol. The molecule has 0 bridgehead atoms. The third-order valence-corrected chi connectivity index (χ3v) is 4.39. The first-order chi connectivity index (χ1) is 9.28. The number of carbonyl (C=O) groups is 1. The Balaban J connectivity index is 2.37. The molecule has 0 aromatic heterocycles. The number of hydrogen-bond donors (Lipinski definition) is 1. The summed E-state index contributed by atoms with van der Waals surface area (Å²) < 4.78 is 0. The lowest BCUT2D eigenvalue weighted by atomic mass is 10.0. The van der Waals surface area contributed by atoms with Gasteiger partial charge in [0.05, 0.1) is 12.0 Å². The van der Waals surface area contributed by atoms with Crippen molar-refractivity contribution < 1.29 is 9.90 Å². The molecule has 1 aromatic carbocycles. The summed E-state index contributed by atoms with van der Waals surface area (Å²) in [7, 11) is 0. The van der Waals surface area contributed by atoms with Gasteiger partial charge in [-0.1, -0.05) is 43.1 Å². The van der Waals surface area contributed by atoms with E-state index in [4.69, 9.17) is 23.2 Å². The molecule has 2 rings (SSSR count). The Kier molecular flexibility index (Phi) is 3.82. The second-order valence-corrected chi connectivity index (χ2v) is 6.34. The van der Waals surface area contributed by atoms with E-state index in [9.17, 15) is 15.2 Å². The van der Waals surface area contributed by atoms with Crippen LogP contribution in [-0.4, -0.2) is 11.1 Å². The van der Waals surface area contributed by atoms with E-state index < -0.39 is 17.3 Å². The predicted molar refractivity (Wildman–Crippen MR) is 78.4 cm³/mol. The molecule has 0 heterocycles. The van der Waals surface area contributed by atoms with Crippen LogP contribution in [0.15, 0.2) is 23.8 Å². The van der Waals surface area contributed by atoms with Crippen molar-refractivity contribution in [2.45, 2.75) is 13.8 Å². The molecule has 0 amide bonds. The Morgan fingerprint density at radius 1 is 1.40 bits per heavy atom. The minimum Gasteiger partial charge on any atom is -0.481 e. The van der Waals surface area contributed by atoms with E-state index in [1.165, 1.54) is 0 Å². The molecule has 1 N–H and O–H groups in total. The maximum absolute atomic E-state index is 11.2. The number of rotatable bonds is 3. The van der Waals surface area contributed by atoms with Crippen molar-refractivity contribution in [1.82, 2.24) is 0 Å². The standard InChI is InChI=1S/C15H13Cl2NO2/c1-15(2)12(13(15)14(19)20)9(7-18)5-8-3-4-10(16)6-11(8)17/h3-6,12-13H,1-2H3,(H,19,20)/b9-5+. The molecule has 0 saturated heterocycles. The van der Waals surface area contributed by atoms with Crippen molar-refractivity contribution in [2.75, 3.05) is 0 Å². The van der Waals surface area contributed by atoms with Gasteiger partial charge in [-0.15, -0.1) is 0 Å². The highest BCUT2D eigenvalue weighted by Crippen LogP contribution is 2.61. The second-order valence-electron chi connectivity index (χ2n) is 5.49. The lowest BCUT2D eigenvalue weighted by Gasteiger charge is -2.03. The van der Waals surface area contributed by atoms with E-state index in [0.29, 0.717) is 21.2 Å². The molecule has 0 spiro atoms. The monoisotopic (exact) mass is 309 g/mol. The van der Waals surface area contributed by atoms with E-state index in [1.54, 1.807) is 24.3 Å². The summed E-state index contributed by atoms with van der Waals surface area (Å²) in [6, 6.07) is 7.09. The van der Waals surface area contributed by atoms with Gasteiger partial charge in [0.1, 0.15) is 0 Å². The molecular formula is C15H13Cl2NO2. The van der Waals surface area contributed by atoms with Crippen molar-refractivity contribution >= 4 is 35.2 Å². The highest BCUT2D eigenvalue weighted by molar-refractivity contribution is 6.35. The summed E-state index contributed by atoms with van der Waals surface area (Å²) in [5, 5.41) is 19.4. The summed E-state index contributed by atoms with van der Waals surface area (Å²) in [5.41, 5.74) is 0.692. The molecule has 5 heteroatoms. The van der Waals surface area contributed by atoms with Gasteiger partial charge in [-0.05, 0) is 29.2 Å². The van der Waals surface area contributed by atoms with E-state index in [-0.39, 0.29) is 5.92 Å². The minimum atomic E-state index is -0.872. The first kappa shape index (κ1) is 14.9. The van der Waals surface area contributed by atoms with Gasteiger partial charge in [0, 0.05) is 21.5 Å². The van der Waals surface area contributed by atoms with Gasteiger partial charge in [0.2, 0.25) is 0 Å². The third kappa shape index (κ3) is 2.54. The molecule has 20 heavy (non-hydrogen) atoms. The predicted octanol–water partition coefficient (Wildman–Crippen LogP) is 4.26. The van der Waals surface area contributed by atoms with Gasteiger partial charge in [0.25, 0.3) is 0 Å². The van der Waals surface area contributed by atoms with Crippen LogP contribution in [0.1, 0.15) is 19.4 Å². The number of halogens is 2. The summed E-state index contributed by atoms with van der Waals surface area (Å²) in [4.78, 5) is 11.2. The van der Waals surface area contributed by atoms with E-state index in [0.717, 1.165) is 0 Å². The van der Waals surface area contributed by atoms with Crippen molar-refractivity contribution in [1.29, 1.82) is 5.26 Å². The average Bonchev–Trinajstić information content (AvgIpc) is 2.91. The third-order valence-electron chi connectivity index (χ3n) is 3.83. The quantitative estimate of drug-likeness (QED) is 0.849. The van der Waals surface area contributed by atoms with Crippen LogP contribution in [-0.2, 0) is 4.79 Å². The fourth-order valence-electron chi connectivity index (χ4n) is 2.66. The summed E-state index contributed by atoms with van der Waals surface area (Å²) in [6.07, 6.45) is 1.65. The van der Waals surface area contributed by atoms with Crippen LogP contribution in [0.3, 0.4) is 0 Å². The zero-order valence-corrected chi connectivity index (χ0v) is 12.5. The molecule has 1 fully saturated rings. The number of nitrogens with zero attached hydrogens (tertiary/aromatic N) is 1. The number of benzene rings is 1. The molecule has 2 unspecified atom stereocenters. The highest BCUT2D eigenvalue weighted by atomic mass is 35.5. The Labute approximate surface area is 127 Å². The molecule has 2 atom stereocenters. The Morgan fingerprint density at radius 2 is 2.05 bits per heavy atom. The smallest absolute Gasteiger partial charge is 0.307 e. The Morgan fingerprint density at radius 3 is 2.50 bits per heavy atom. The van der Waals surface area contributed by atoms with Crippen LogP contribution in [0, 0.1) is 28.6 Å². The summed E-state index contributed by atoms with van der Waals surface area (Å²) in [6.45, 7) is 3.70. The second kappa shape index (κ2) is 5.12. The number of carboxylic acids is 1. The minimum absolute atomic E-state index is 0.281. The fraction of sp³-hybridized carbons (Fsp3) is 0.333. The molecule has 1 saturated carbocycles. The Bertz CT molecular complexity index is 644. The van der Waals surface area contributed by atoms with Crippen molar-refractivity contribution in [3.05, 3.63) is 39.4 Å². The van der Waals surface area contributed by atoms with Crippen molar-refractivity contribution in [2.24, 2.45) is 17.3 Å². The van der Waals surface area contributed by atoms with Gasteiger partial charge >= 0.3 is 5.97 Å². The molecule has 1 aromatic rings. The van der Waals surface area contributed by atoms with Gasteiger partial charge < -0.3 is 5.11 Å². The zero-order valence-electron chi connectivity index (χ0n) is 11.0. The zero-order chi connectivity index (χ0) is 15.1. The van der Waals surface area contributed by atoms with E-state index in [2.05, 4.69) is 6.07 Å². The van der Waals surface area contributed by atoms with Crippen LogP contribution < -0.4 is 0 Å². The first-order valence-electron chi connectivity index (χ1n) is 6.08. The van der Waals surface area contributed by atoms with Gasteiger partial charge in [0.15, 0.2) is 0 Å². The SMILES string of the molecule is CC1(C)C(C(=O)O)C1/C(C#N)=C/c1ccc(Cl)cc1Cl. The van der Waals surface area contributed by atoms with Crippen molar-refractivity contribution in [3.63, 3.8) is 0 Å². The summed E-state index contributed by atoms with van der Waals surface area (Å²) >= 11 is 11.9. The van der Waals surface area contributed by atoms with E-state index in [1.807, 2.05) is 13.8 Å². The summed E-state index contributed by atoms with van der Waals surface area (Å²) in [5.74, 6) is -1.68. The normalized spacial score (nSPS) is 24.1. The molecule has 3 nitrogen and oxygen atoms in total. The van der Waals surface area contributed by atoms with Crippen LogP contribution >= 0.6 is 23.2 Å². The number of nitriles is 1. The average molecular weight is 310 g/mol. The molecule has 1 aliphatic carbocycles. The maximum atomic E-state index is 11.2. The largest absolute Gasteiger partial charge is 0.481 e. The fourth-order valence-corrected chi connectivity index (χ4v) is 3.12. The van der Waals surface area contributed by atoms with Gasteiger partial charge in [-0.3, -0.25) is 4.79 Å². The molecule has 0 aliphatic heterocycles. The lowest BCUT2D eigenvalue weighted by molar-refractivity contribution is -0.139. The Hall–Kier alpha value is -1.50. The topological polar surface area (TPSA) is 61.1 Å². The number of allylic oxidation sites excluding steroid dienone is 1.